The van der Waals surface area contributed by atoms with E-state index in [2.05, 4.69) is 33.9 Å². The van der Waals surface area contributed by atoms with Crippen LogP contribution in [-0.4, -0.2) is 40.5 Å². The lowest BCUT2D eigenvalue weighted by Gasteiger charge is -2.42. The average Bonchev–Trinajstić information content (AvgIpc) is 2.72. The van der Waals surface area contributed by atoms with E-state index < -0.39 is 0 Å². The quantitative estimate of drug-likeness (QED) is 0.811. The molecule has 0 aromatic carbocycles. The number of aromatic amines is 1. The van der Waals surface area contributed by atoms with Crippen LogP contribution < -0.4 is 4.90 Å². The molecule has 0 radical (unpaired) electrons. The molecule has 3 heterocycles. The Balaban J connectivity index is 2.08. The second-order valence-electron chi connectivity index (χ2n) is 4.99. The van der Waals surface area contributed by atoms with Gasteiger partial charge in [0.15, 0.2) is 5.82 Å². The second-order valence-corrected chi connectivity index (χ2v) is 4.99. The molecular weight excluding hydrogens is 216 g/mol. The van der Waals surface area contributed by atoms with Crippen molar-refractivity contribution in [3.05, 3.63) is 18.5 Å². The lowest BCUT2D eigenvalue weighted by molar-refractivity contribution is 0.0640. The van der Waals surface area contributed by atoms with Crippen LogP contribution in [0.1, 0.15) is 13.8 Å². The Morgan fingerprint density at radius 2 is 2.35 bits per heavy atom. The minimum Gasteiger partial charge on any atom is -0.377 e. The maximum Gasteiger partial charge on any atom is 0.159 e. The lowest BCUT2D eigenvalue weighted by atomic mass is 10.0. The van der Waals surface area contributed by atoms with Crippen LogP contribution in [0.2, 0.25) is 0 Å². The minimum atomic E-state index is -0.0242. The van der Waals surface area contributed by atoms with Gasteiger partial charge in [-0.25, -0.2) is 0 Å². The Morgan fingerprint density at radius 3 is 3.18 bits per heavy atom. The van der Waals surface area contributed by atoms with Gasteiger partial charge in [0.2, 0.25) is 0 Å². The Kier molecular flexibility index (Phi) is 2.29. The molecule has 0 bridgehead atoms. The monoisotopic (exact) mass is 232 g/mol. The topological polar surface area (TPSA) is 54.0 Å². The van der Waals surface area contributed by atoms with E-state index in [9.17, 15) is 0 Å². The number of pyridine rings is 1. The molecule has 0 spiro atoms. The molecule has 5 nitrogen and oxygen atoms in total. The average molecular weight is 232 g/mol. The van der Waals surface area contributed by atoms with Gasteiger partial charge in [-0.3, -0.25) is 10.1 Å². The summed E-state index contributed by atoms with van der Waals surface area (Å²) in [7, 11) is 0. The lowest BCUT2D eigenvalue weighted by Crippen LogP contribution is -2.53. The van der Waals surface area contributed by atoms with Crippen LogP contribution in [0.4, 0.5) is 5.82 Å². The summed E-state index contributed by atoms with van der Waals surface area (Å²) in [4.78, 5) is 6.39. The fourth-order valence-corrected chi connectivity index (χ4v) is 2.31. The summed E-state index contributed by atoms with van der Waals surface area (Å²) in [5.74, 6) is 0.996. The van der Waals surface area contributed by atoms with E-state index >= 15 is 0 Å². The highest BCUT2D eigenvalue weighted by atomic mass is 16.5. The third kappa shape index (κ3) is 1.67. The number of H-pyrrole nitrogens is 1. The van der Waals surface area contributed by atoms with Gasteiger partial charge in [-0.05, 0) is 19.9 Å². The highest BCUT2D eigenvalue weighted by Gasteiger charge is 2.32. The van der Waals surface area contributed by atoms with Crippen molar-refractivity contribution in [2.45, 2.75) is 19.4 Å². The van der Waals surface area contributed by atoms with Gasteiger partial charge in [-0.1, -0.05) is 0 Å². The maximum atomic E-state index is 5.53. The zero-order chi connectivity index (χ0) is 11.9. The van der Waals surface area contributed by atoms with Crippen LogP contribution >= 0.6 is 0 Å². The van der Waals surface area contributed by atoms with Gasteiger partial charge in [0.1, 0.15) is 0 Å². The van der Waals surface area contributed by atoms with Gasteiger partial charge >= 0.3 is 0 Å². The number of nitrogens with one attached hydrogen (secondary N) is 1. The molecule has 5 heteroatoms. The first-order valence-electron chi connectivity index (χ1n) is 5.82. The van der Waals surface area contributed by atoms with Crippen LogP contribution in [0, 0.1) is 0 Å². The number of hydrogen-bond donors (Lipinski definition) is 1. The van der Waals surface area contributed by atoms with Gasteiger partial charge in [-0.2, -0.15) is 5.10 Å². The van der Waals surface area contributed by atoms with Crippen molar-refractivity contribution in [3.63, 3.8) is 0 Å². The predicted molar refractivity (Wildman–Crippen MR) is 66.1 cm³/mol. The van der Waals surface area contributed by atoms with Crippen LogP contribution in [0.3, 0.4) is 0 Å². The third-order valence-corrected chi connectivity index (χ3v) is 3.25. The first-order valence-corrected chi connectivity index (χ1v) is 5.82. The normalized spacial score (nSPS) is 19.8. The maximum absolute atomic E-state index is 5.53. The molecule has 0 saturated carbocycles. The summed E-state index contributed by atoms with van der Waals surface area (Å²) in [5, 5.41) is 8.57. The molecule has 0 amide bonds. The standard InChI is InChI=1S/C12H16N4O/c1-12(2)8-17-6-5-16(12)11-9-3-4-13-7-10(9)14-15-11/h3-4,7H,5-6,8H2,1-2H3,(H,14,15). The Hall–Kier alpha value is -1.62. The molecule has 1 fully saturated rings. The fourth-order valence-electron chi connectivity index (χ4n) is 2.31. The van der Waals surface area contributed by atoms with Crippen LogP contribution in [0.5, 0.6) is 0 Å². The van der Waals surface area contributed by atoms with Crippen molar-refractivity contribution in [3.8, 4) is 0 Å². The highest BCUT2D eigenvalue weighted by molar-refractivity contribution is 5.89. The first kappa shape index (κ1) is 10.5. The van der Waals surface area contributed by atoms with Gasteiger partial charge in [0.25, 0.3) is 0 Å². The molecule has 1 aliphatic heterocycles. The predicted octanol–water partition coefficient (Wildman–Crippen LogP) is 1.57. The minimum absolute atomic E-state index is 0.0242. The van der Waals surface area contributed by atoms with Gasteiger partial charge in [0, 0.05) is 18.1 Å². The van der Waals surface area contributed by atoms with Crippen molar-refractivity contribution in [2.75, 3.05) is 24.7 Å². The fraction of sp³-hybridized carbons (Fsp3) is 0.500. The first-order chi connectivity index (χ1) is 8.18. The zero-order valence-corrected chi connectivity index (χ0v) is 10.1. The molecule has 90 valence electrons. The number of rotatable bonds is 1. The molecule has 0 aliphatic carbocycles. The number of morpholine rings is 1. The SMILES string of the molecule is CC1(C)COCCN1c1n[nH]c2cnccc12. The summed E-state index contributed by atoms with van der Waals surface area (Å²) in [6, 6.07) is 2.00. The number of nitrogens with zero attached hydrogens (tertiary/aromatic N) is 3. The summed E-state index contributed by atoms with van der Waals surface area (Å²) >= 11 is 0. The molecule has 1 N–H and O–H groups in total. The van der Waals surface area contributed by atoms with Crippen molar-refractivity contribution in [1.82, 2.24) is 15.2 Å². The Labute approximate surface area is 99.8 Å². The number of fused-ring (bicyclic) bond motifs is 1. The molecule has 0 atom stereocenters. The molecule has 1 aliphatic rings. The molecule has 3 rings (SSSR count). The van der Waals surface area contributed by atoms with Crippen molar-refractivity contribution in [1.29, 1.82) is 0 Å². The van der Waals surface area contributed by atoms with E-state index in [1.807, 2.05) is 6.07 Å². The number of aromatic nitrogens is 3. The highest BCUT2D eigenvalue weighted by Crippen LogP contribution is 2.30. The number of hydrogen-bond acceptors (Lipinski definition) is 4. The molecule has 2 aromatic rings. The largest absolute Gasteiger partial charge is 0.377 e. The molecule has 17 heavy (non-hydrogen) atoms. The van der Waals surface area contributed by atoms with Gasteiger partial charge < -0.3 is 9.64 Å². The molecule has 2 aromatic heterocycles. The summed E-state index contributed by atoms with van der Waals surface area (Å²) in [5.41, 5.74) is 0.952. The van der Waals surface area contributed by atoms with Crippen molar-refractivity contribution in [2.24, 2.45) is 0 Å². The van der Waals surface area contributed by atoms with Crippen LogP contribution in [-0.2, 0) is 4.74 Å². The molecular formula is C12H16N4O. The second kappa shape index (κ2) is 3.70. The van der Waals surface area contributed by atoms with E-state index in [-0.39, 0.29) is 5.54 Å². The van der Waals surface area contributed by atoms with Crippen molar-refractivity contribution >= 4 is 16.7 Å². The number of ether oxygens (including phenoxy) is 1. The Morgan fingerprint density at radius 1 is 1.47 bits per heavy atom. The van der Waals surface area contributed by atoms with Crippen molar-refractivity contribution < 1.29 is 4.74 Å². The van der Waals surface area contributed by atoms with E-state index in [0.29, 0.717) is 0 Å². The molecule has 1 saturated heterocycles. The van der Waals surface area contributed by atoms with Gasteiger partial charge in [0.05, 0.1) is 30.5 Å². The van der Waals surface area contributed by atoms with E-state index in [4.69, 9.17) is 4.74 Å². The summed E-state index contributed by atoms with van der Waals surface area (Å²) < 4.78 is 5.53. The van der Waals surface area contributed by atoms with Gasteiger partial charge in [-0.15, -0.1) is 0 Å². The Bertz CT molecular complexity index is 534. The zero-order valence-electron chi connectivity index (χ0n) is 10.1. The summed E-state index contributed by atoms with van der Waals surface area (Å²) in [6.45, 7) is 6.70. The number of anilines is 1. The smallest absolute Gasteiger partial charge is 0.159 e. The third-order valence-electron chi connectivity index (χ3n) is 3.25. The van der Waals surface area contributed by atoms with E-state index in [1.54, 1.807) is 12.4 Å². The van der Waals surface area contributed by atoms with E-state index in [1.165, 1.54) is 0 Å². The van der Waals surface area contributed by atoms with Crippen LogP contribution in [0.15, 0.2) is 18.5 Å². The summed E-state index contributed by atoms with van der Waals surface area (Å²) in [6.07, 6.45) is 3.61. The van der Waals surface area contributed by atoms with Crippen LogP contribution in [0.25, 0.3) is 10.9 Å². The van der Waals surface area contributed by atoms with E-state index in [0.717, 1.165) is 36.5 Å². The molecule has 0 unspecified atom stereocenters.